The number of aromatic nitrogens is 2. The fraction of sp³-hybridized carbons (Fsp3) is 0.333. The molecular weight excluding hydrogens is 360 g/mol. The van der Waals surface area contributed by atoms with Crippen LogP contribution in [0.3, 0.4) is 0 Å². The number of fused-ring (bicyclic) bond motifs is 1. The van der Waals surface area contributed by atoms with E-state index in [4.69, 9.17) is 14.5 Å². The first kappa shape index (κ1) is 19.3. The van der Waals surface area contributed by atoms with Gasteiger partial charge in [-0.3, -0.25) is 9.36 Å². The Morgan fingerprint density at radius 2 is 1.85 bits per heavy atom. The van der Waals surface area contributed by atoms with Gasteiger partial charge in [0, 0.05) is 5.75 Å². The maximum absolute atomic E-state index is 13.1. The molecule has 0 unspecified atom stereocenters. The van der Waals surface area contributed by atoms with E-state index in [9.17, 15) is 4.79 Å². The van der Waals surface area contributed by atoms with Gasteiger partial charge in [0.2, 0.25) is 0 Å². The highest BCUT2D eigenvalue weighted by atomic mass is 32.2. The molecule has 0 atom stereocenters. The van der Waals surface area contributed by atoms with E-state index in [0.29, 0.717) is 23.4 Å². The van der Waals surface area contributed by atoms with Crippen LogP contribution in [0.2, 0.25) is 0 Å². The molecule has 0 saturated carbocycles. The molecule has 0 bridgehead atoms. The minimum absolute atomic E-state index is 0.0191. The van der Waals surface area contributed by atoms with Crippen LogP contribution in [0, 0.1) is 0 Å². The molecule has 0 N–H and O–H groups in total. The Kier molecular flexibility index (Phi) is 6.40. The van der Waals surface area contributed by atoms with Gasteiger partial charge in [-0.25, -0.2) is 4.98 Å². The standard InChI is InChI=1S/C21H24N2O3S/c1-4-5-12-27-21-22-17-9-7-6-8-16(17)20(24)23(21)14-15-10-11-18(25-2)19(13-15)26-3/h6-11,13H,4-5,12,14H2,1-3H3. The van der Waals surface area contributed by atoms with Gasteiger partial charge in [-0.2, -0.15) is 0 Å². The smallest absolute Gasteiger partial charge is 0.262 e. The Morgan fingerprint density at radius 1 is 1.07 bits per heavy atom. The second-order valence-electron chi connectivity index (χ2n) is 6.19. The lowest BCUT2D eigenvalue weighted by Gasteiger charge is -2.14. The maximum Gasteiger partial charge on any atom is 0.262 e. The van der Waals surface area contributed by atoms with Gasteiger partial charge in [-0.05, 0) is 36.2 Å². The van der Waals surface area contributed by atoms with E-state index in [1.165, 1.54) is 0 Å². The van der Waals surface area contributed by atoms with Gasteiger partial charge in [-0.1, -0.05) is 43.3 Å². The summed E-state index contributed by atoms with van der Waals surface area (Å²) in [5, 5.41) is 1.39. The molecule has 2 aromatic carbocycles. The molecule has 6 heteroatoms. The number of hydrogen-bond donors (Lipinski definition) is 0. The number of hydrogen-bond acceptors (Lipinski definition) is 5. The second kappa shape index (κ2) is 8.95. The summed E-state index contributed by atoms with van der Waals surface area (Å²) < 4.78 is 12.4. The molecule has 1 heterocycles. The van der Waals surface area contributed by atoms with Crippen molar-refractivity contribution < 1.29 is 9.47 Å². The van der Waals surface area contributed by atoms with Crippen LogP contribution in [0.25, 0.3) is 10.9 Å². The fourth-order valence-electron chi connectivity index (χ4n) is 2.87. The molecular formula is C21H24N2O3S. The quantitative estimate of drug-likeness (QED) is 0.328. The zero-order valence-corrected chi connectivity index (χ0v) is 16.7. The van der Waals surface area contributed by atoms with E-state index in [2.05, 4.69) is 6.92 Å². The van der Waals surface area contributed by atoms with Gasteiger partial charge in [0.15, 0.2) is 16.7 Å². The zero-order chi connectivity index (χ0) is 19.2. The van der Waals surface area contributed by atoms with Crippen molar-refractivity contribution in [2.75, 3.05) is 20.0 Å². The normalized spacial score (nSPS) is 10.9. The summed E-state index contributed by atoms with van der Waals surface area (Å²) in [4.78, 5) is 17.9. The lowest BCUT2D eigenvalue weighted by molar-refractivity contribution is 0.354. The first-order valence-corrected chi connectivity index (χ1v) is 9.99. The summed E-state index contributed by atoms with van der Waals surface area (Å²) in [6.45, 7) is 2.59. The van der Waals surface area contributed by atoms with Crippen LogP contribution in [0.4, 0.5) is 0 Å². The molecule has 142 valence electrons. The lowest BCUT2D eigenvalue weighted by Crippen LogP contribution is -2.24. The van der Waals surface area contributed by atoms with Crippen molar-refractivity contribution in [1.82, 2.24) is 9.55 Å². The Balaban J connectivity index is 2.04. The van der Waals surface area contributed by atoms with Crippen LogP contribution in [-0.4, -0.2) is 29.5 Å². The molecule has 0 amide bonds. The van der Waals surface area contributed by atoms with Crippen molar-refractivity contribution in [2.45, 2.75) is 31.5 Å². The molecule has 0 aliphatic rings. The number of unbranched alkanes of at least 4 members (excludes halogenated alkanes) is 1. The monoisotopic (exact) mass is 384 g/mol. The van der Waals surface area contributed by atoms with Crippen LogP contribution in [-0.2, 0) is 6.54 Å². The molecule has 0 aliphatic carbocycles. The molecule has 3 aromatic rings. The summed E-state index contributed by atoms with van der Waals surface area (Å²) in [7, 11) is 3.22. The van der Waals surface area contributed by atoms with Gasteiger partial charge in [0.25, 0.3) is 5.56 Å². The Hall–Kier alpha value is -2.47. The summed E-state index contributed by atoms with van der Waals surface area (Å²) >= 11 is 1.63. The molecule has 0 fully saturated rings. The minimum Gasteiger partial charge on any atom is -0.493 e. The lowest BCUT2D eigenvalue weighted by atomic mass is 10.2. The van der Waals surface area contributed by atoms with E-state index < -0.39 is 0 Å². The van der Waals surface area contributed by atoms with E-state index >= 15 is 0 Å². The van der Waals surface area contributed by atoms with Crippen molar-refractivity contribution in [1.29, 1.82) is 0 Å². The molecule has 0 aliphatic heterocycles. The van der Waals surface area contributed by atoms with Crippen molar-refractivity contribution in [3.8, 4) is 11.5 Å². The maximum atomic E-state index is 13.1. The van der Waals surface area contributed by atoms with E-state index in [1.54, 1.807) is 30.5 Å². The third-order valence-corrected chi connectivity index (χ3v) is 5.41. The highest BCUT2D eigenvalue weighted by molar-refractivity contribution is 7.99. The Morgan fingerprint density at radius 3 is 2.59 bits per heavy atom. The number of nitrogens with zero attached hydrogens (tertiary/aromatic N) is 2. The van der Waals surface area contributed by atoms with Crippen LogP contribution in [0.5, 0.6) is 11.5 Å². The van der Waals surface area contributed by atoms with E-state index in [-0.39, 0.29) is 5.56 Å². The van der Waals surface area contributed by atoms with Gasteiger partial charge >= 0.3 is 0 Å². The number of methoxy groups -OCH3 is 2. The third kappa shape index (κ3) is 4.27. The van der Waals surface area contributed by atoms with Gasteiger partial charge in [0.1, 0.15) is 0 Å². The van der Waals surface area contributed by atoms with Gasteiger partial charge in [-0.15, -0.1) is 0 Å². The van der Waals surface area contributed by atoms with Crippen molar-refractivity contribution in [3.63, 3.8) is 0 Å². The molecule has 0 saturated heterocycles. The number of rotatable bonds is 8. The Bertz CT molecular complexity index is 985. The number of ether oxygens (including phenoxy) is 2. The molecule has 0 radical (unpaired) electrons. The second-order valence-corrected chi connectivity index (χ2v) is 7.26. The summed E-state index contributed by atoms with van der Waals surface area (Å²) in [5.74, 6) is 2.26. The molecule has 5 nitrogen and oxygen atoms in total. The summed E-state index contributed by atoms with van der Waals surface area (Å²) in [5.41, 5.74) is 1.68. The van der Waals surface area contributed by atoms with Crippen LogP contribution >= 0.6 is 11.8 Å². The number of para-hydroxylation sites is 1. The van der Waals surface area contributed by atoms with Crippen LogP contribution < -0.4 is 15.0 Å². The third-order valence-electron chi connectivity index (χ3n) is 4.34. The fourth-order valence-corrected chi connectivity index (χ4v) is 3.95. The zero-order valence-electron chi connectivity index (χ0n) is 15.9. The van der Waals surface area contributed by atoms with Gasteiger partial charge < -0.3 is 9.47 Å². The summed E-state index contributed by atoms with van der Waals surface area (Å²) in [6.07, 6.45) is 2.20. The Labute approximate surface area is 163 Å². The van der Waals surface area contributed by atoms with Crippen molar-refractivity contribution in [2.24, 2.45) is 0 Å². The van der Waals surface area contributed by atoms with Gasteiger partial charge in [0.05, 0.1) is 31.7 Å². The first-order chi connectivity index (χ1) is 13.2. The van der Waals surface area contributed by atoms with Crippen molar-refractivity contribution >= 4 is 22.7 Å². The predicted molar refractivity (Wildman–Crippen MR) is 110 cm³/mol. The topological polar surface area (TPSA) is 53.4 Å². The predicted octanol–water partition coefficient (Wildman–Crippen LogP) is 4.35. The summed E-state index contributed by atoms with van der Waals surface area (Å²) in [6, 6.07) is 13.2. The number of benzene rings is 2. The minimum atomic E-state index is -0.0191. The average Bonchev–Trinajstić information content (AvgIpc) is 2.70. The SMILES string of the molecule is CCCCSc1nc2ccccc2c(=O)n1Cc1ccc(OC)c(OC)c1. The molecule has 3 rings (SSSR count). The average molecular weight is 385 g/mol. The highest BCUT2D eigenvalue weighted by Crippen LogP contribution is 2.28. The van der Waals surface area contributed by atoms with Crippen LogP contribution in [0.1, 0.15) is 25.3 Å². The van der Waals surface area contributed by atoms with E-state index in [1.807, 2.05) is 42.5 Å². The molecule has 0 spiro atoms. The molecule has 27 heavy (non-hydrogen) atoms. The highest BCUT2D eigenvalue weighted by Gasteiger charge is 2.13. The molecule has 1 aromatic heterocycles. The van der Waals surface area contributed by atoms with E-state index in [0.717, 1.165) is 34.8 Å². The largest absolute Gasteiger partial charge is 0.493 e. The van der Waals surface area contributed by atoms with Crippen molar-refractivity contribution in [3.05, 3.63) is 58.4 Å². The van der Waals surface area contributed by atoms with Crippen LogP contribution in [0.15, 0.2) is 52.4 Å². The number of thioether (sulfide) groups is 1. The first-order valence-electron chi connectivity index (χ1n) is 9.01.